The van der Waals surface area contributed by atoms with Crippen LogP contribution in [-0.2, 0) is 0 Å². The maximum atomic E-state index is 11.4. The van der Waals surface area contributed by atoms with Crippen LogP contribution in [0.1, 0.15) is 34.7 Å². The Morgan fingerprint density at radius 1 is 1.38 bits per heavy atom. The Kier molecular flexibility index (Phi) is 2.21. The van der Waals surface area contributed by atoms with E-state index in [0.717, 1.165) is 5.56 Å². The van der Waals surface area contributed by atoms with Gasteiger partial charge in [-0.15, -0.1) is 0 Å². The van der Waals surface area contributed by atoms with Gasteiger partial charge >= 0.3 is 0 Å². The average Bonchev–Trinajstić information content (AvgIpc) is 3.00. The number of hydrogen-bond acceptors (Lipinski definition) is 1. The highest BCUT2D eigenvalue weighted by Gasteiger charge is 2.26. The van der Waals surface area contributed by atoms with Crippen LogP contribution < -0.4 is 0 Å². The largest absolute Gasteiger partial charge is 0.295 e. The van der Waals surface area contributed by atoms with E-state index in [4.69, 9.17) is 7.85 Å². The van der Waals surface area contributed by atoms with Gasteiger partial charge in [-0.05, 0) is 30.6 Å². The molecule has 0 spiro atoms. The van der Waals surface area contributed by atoms with Crippen LogP contribution in [0.4, 0.5) is 0 Å². The highest BCUT2D eigenvalue weighted by atomic mass is 16.1. The first-order chi connectivity index (χ1) is 6.33. The summed E-state index contributed by atoms with van der Waals surface area (Å²) in [6.45, 7) is 0. The van der Waals surface area contributed by atoms with Crippen molar-refractivity contribution in [2.75, 3.05) is 0 Å². The predicted molar refractivity (Wildman–Crippen MR) is 53.3 cm³/mol. The van der Waals surface area contributed by atoms with Crippen LogP contribution in [0.25, 0.3) is 0 Å². The minimum Gasteiger partial charge on any atom is -0.295 e. The van der Waals surface area contributed by atoms with E-state index in [1.165, 1.54) is 18.4 Å². The van der Waals surface area contributed by atoms with Gasteiger partial charge in [0.25, 0.3) is 0 Å². The van der Waals surface area contributed by atoms with Gasteiger partial charge in [-0.2, -0.15) is 0 Å². The molecular formula is C11H11BO. The zero-order valence-electron chi connectivity index (χ0n) is 7.49. The zero-order valence-corrected chi connectivity index (χ0v) is 7.49. The van der Waals surface area contributed by atoms with Crippen molar-refractivity contribution >= 4 is 13.6 Å². The van der Waals surface area contributed by atoms with Crippen molar-refractivity contribution in [2.24, 2.45) is 0 Å². The third kappa shape index (κ3) is 1.67. The lowest BCUT2D eigenvalue weighted by Crippen LogP contribution is -2.01. The van der Waals surface area contributed by atoms with E-state index >= 15 is 0 Å². The molecule has 64 valence electrons. The molecule has 0 bridgehead atoms. The first-order valence-electron chi connectivity index (χ1n) is 4.65. The molecule has 0 aromatic heterocycles. The molecule has 0 unspecified atom stereocenters. The van der Waals surface area contributed by atoms with Crippen molar-refractivity contribution in [3.63, 3.8) is 0 Å². The van der Waals surface area contributed by atoms with Crippen molar-refractivity contribution in [1.29, 1.82) is 0 Å². The topological polar surface area (TPSA) is 17.1 Å². The molecule has 0 N–H and O–H groups in total. The third-order valence-corrected chi connectivity index (χ3v) is 2.46. The first-order valence-corrected chi connectivity index (χ1v) is 4.65. The second-order valence-corrected chi connectivity index (χ2v) is 3.49. The lowest BCUT2D eigenvalue weighted by atomic mass is 9.91. The lowest BCUT2D eigenvalue weighted by Gasteiger charge is -2.05. The molecule has 0 amide bonds. The molecule has 1 aliphatic rings. The third-order valence-electron chi connectivity index (χ3n) is 2.46. The lowest BCUT2D eigenvalue weighted by molar-refractivity contribution is 0.101. The van der Waals surface area contributed by atoms with E-state index in [1.54, 1.807) is 0 Å². The molecule has 1 nitrogen and oxygen atoms in total. The molecule has 2 heteroatoms. The highest BCUT2D eigenvalue weighted by molar-refractivity contribution is 6.24. The normalized spacial score (nSPS) is 15.7. The summed E-state index contributed by atoms with van der Waals surface area (Å²) in [5.41, 5.74) is 2.02. The van der Waals surface area contributed by atoms with E-state index in [-0.39, 0.29) is 12.1 Å². The number of hydrogen-bond donors (Lipinski definition) is 0. The number of rotatable bonds is 3. The summed E-state index contributed by atoms with van der Waals surface area (Å²) in [5, 5.41) is 0. The zero-order chi connectivity index (χ0) is 9.26. The smallest absolute Gasteiger partial charge is 0.154 e. The molecule has 1 fully saturated rings. The fourth-order valence-corrected chi connectivity index (χ4v) is 1.61. The van der Waals surface area contributed by atoms with Gasteiger partial charge in [0, 0.05) is 5.56 Å². The van der Waals surface area contributed by atoms with E-state index in [1.807, 2.05) is 24.3 Å². The van der Waals surface area contributed by atoms with Crippen LogP contribution >= 0.6 is 0 Å². The maximum Gasteiger partial charge on any atom is 0.154 e. The van der Waals surface area contributed by atoms with Crippen LogP contribution in [0.5, 0.6) is 0 Å². The summed E-state index contributed by atoms with van der Waals surface area (Å²) in [6.07, 6.45) is 2.55. The van der Waals surface area contributed by atoms with Crippen LogP contribution in [0.15, 0.2) is 24.3 Å². The molecule has 2 rings (SSSR count). The summed E-state index contributed by atoms with van der Waals surface area (Å²) >= 11 is 0. The monoisotopic (exact) mass is 170 g/mol. The fourth-order valence-electron chi connectivity index (χ4n) is 1.61. The van der Waals surface area contributed by atoms with E-state index in [9.17, 15) is 4.79 Å². The Bertz CT molecular complexity index is 329. The number of ketones is 1. The van der Waals surface area contributed by atoms with Crippen molar-refractivity contribution in [3.05, 3.63) is 35.4 Å². The molecular weight excluding hydrogens is 159 g/mol. The Morgan fingerprint density at radius 3 is 2.69 bits per heavy atom. The summed E-state index contributed by atoms with van der Waals surface area (Å²) in [7, 11) is 5.34. The van der Waals surface area contributed by atoms with Gasteiger partial charge in [0.1, 0.15) is 0 Å². The van der Waals surface area contributed by atoms with Gasteiger partial charge in [-0.1, -0.05) is 24.3 Å². The minimum absolute atomic E-state index is 0.0579. The van der Waals surface area contributed by atoms with Crippen LogP contribution in [0.2, 0.25) is 6.32 Å². The highest BCUT2D eigenvalue weighted by Crippen LogP contribution is 2.41. The molecule has 1 aliphatic carbocycles. The summed E-state index contributed by atoms with van der Waals surface area (Å²) in [4.78, 5) is 11.4. The van der Waals surface area contributed by atoms with Gasteiger partial charge in [-0.3, -0.25) is 4.79 Å². The number of carbonyl (C=O) groups excluding carboxylic acids is 1. The second kappa shape index (κ2) is 3.37. The van der Waals surface area contributed by atoms with Crippen LogP contribution in [0.3, 0.4) is 0 Å². The molecule has 2 radical (unpaired) electrons. The summed E-state index contributed by atoms with van der Waals surface area (Å²) in [6, 6.07) is 7.80. The second-order valence-electron chi connectivity index (χ2n) is 3.49. The van der Waals surface area contributed by atoms with E-state index in [0.29, 0.717) is 5.92 Å². The molecule has 1 aromatic rings. The van der Waals surface area contributed by atoms with Crippen molar-refractivity contribution in [3.8, 4) is 0 Å². The maximum absolute atomic E-state index is 11.4. The Hall–Kier alpha value is -1.05. The first kappa shape index (κ1) is 8.55. The Balaban J connectivity index is 2.36. The number of Topliss-reactive ketones (excluding diaryl/α,β-unsaturated/α-hetero) is 1. The SMILES string of the molecule is [B]CC(=O)c1ccccc1C1CC1. The van der Waals surface area contributed by atoms with Crippen molar-refractivity contribution in [1.82, 2.24) is 0 Å². The summed E-state index contributed by atoms with van der Waals surface area (Å²) in [5.74, 6) is 0.675. The van der Waals surface area contributed by atoms with Gasteiger partial charge in [0.15, 0.2) is 5.78 Å². The quantitative estimate of drug-likeness (QED) is 0.502. The van der Waals surface area contributed by atoms with Gasteiger partial charge < -0.3 is 0 Å². The molecule has 0 atom stereocenters. The summed E-state index contributed by atoms with van der Waals surface area (Å²) < 4.78 is 0. The van der Waals surface area contributed by atoms with Crippen LogP contribution in [0, 0.1) is 0 Å². The molecule has 1 aromatic carbocycles. The fraction of sp³-hybridized carbons (Fsp3) is 0.364. The van der Waals surface area contributed by atoms with Gasteiger partial charge in [0.05, 0.1) is 7.85 Å². The molecule has 1 saturated carbocycles. The van der Waals surface area contributed by atoms with Crippen LogP contribution in [-0.4, -0.2) is 13.6 Å². The van der Waals surface area contributed by atoms with Crippen molar-refractivity contribution in [2.45, 2.75) is 25.1 Å². The van der Waals surface area contributed by atoms with Gasteiger partial charge in [0.2, 0.25) is 0 Å². The van der Waals surface area contributed by atoms with E-state index < -0.39 is 0 Å². The molecule has 0 heterocycles. The molecule has 0 saturated heterocycles. The van der Waals surface area contributed by atoms with Crippen molar-refractivity contribution < 1.29 is 4.79 Å². The predicted octanol–water partition coefficient (Wildman–Crippen LogP) is 2.33. The number of carbonyl (C=O) groups is 1. The average molecular weight is 170 g/mol. The molecule has 13 heavy (non-hydrogen) atoms. The van der Waals surface area contributed by atoms with Gasteiger partial charge in [-0.25, -0.2) is 0 Å². The Morgan fingerprint density at radius 2 is 2.08 bits per heavy atom. The minimum atomic E-state index is 0.0579. The standard InChI is InChI=1S/C11H11BO/c12-7-11(13)10-4-2-1-3-9(10)8-5-6-8/h1-4,8H,5-7H2. The van der Waals surface area contributed by atoms with E-state index in [2.05, 4.69) is 0 Å². The Labute approximate surface area is 79.6 Å². The molecule has 0 aliphatic heterocycles. The number of benzene rings is 1.